The number of hydrogen-bond donors (Lipinski definition) is 2. The van der Waals surface area contributed by atoms with Gasteiger partial charge in [-0.25, -0.2) is 9.78 Å². The topological polar surface area (TPSA) is 74.3 Å². The van der Waals surface area contributed by atoms with Gasteiger partial charge in [-0.05, 0) is 30.0 Å². The normalized spacial score (nSPS) is 11.0. The maximum absolute atomic E-state index is 12.8. The third kappa shape index (κ3) is 7.13. The number of nitrogens with one attached hydrogen (secondary N) is 2. The smallest absolute Gasteiger partial charge is 0.322 e. The highest BCUT2D eigenvalue weighted by atomic mass is 35.5. The Morgan fingerprint density at radius 1 is 1.21 bits per heavy atom. The van der Waals surface area contributed by atoms with Crippen molar-refractivity contribution in [3.63, 3.8) is 0 Å². The zero-order chi connectivity index (χ0) is 20.7. The van der Waals surface area contributed by atoms with Gasteiger partial charge in [0.05, 0.1) is 6.54 Å². The highest BCUT2D eigenvalue weighted by Crippen LogP contribution is 2.18. The number of nitrogens with zero attached hydrogens (tertiary/aromatic N) is 2. The van der Waals surface area contributed by atoms with Gasteiger partial charge < -0.3 is 15.5 Å². The summed E-state index contributed by atoms with van der Waals surface area (Å²) in [7, 11) is 0. The van der Waals surface area contributed by atoms with E-state index in [9.17, 15) is 9.59 Å². The summed E-state index contributed by atoms with van der Waals surface area (Å²) in [5.41, 5.74) is 1.03. The molecular weight excluding hydrogens is 396 g/mol. The Bertz CT molecular complexity index is 807. The molecule has 3 amide bonds. The molecule has 6 nitrogen and oxygen atoms in total. The van der Waals surface area contributed by atoms with Gasteiger partial charge in [0, 0.05) is 29.2 Å². The van der Waals surface area contributed by atoms with Crippen LogP contribution in [-0.2, 0) is 6.54 Å². The van der Waals surface area contributed by atoms with Crippen LogP contribution in [0, 0.1) is 11.8 Å². The molecule has 8 heteroatoms. The summed E-state index contributed by atoms with van der Waals surface area (Å²) in [6.07, 6.45) is 0. The van der Waals surface area contributed by atoms with Crippen LogP contribution in [0.2, 0.25) is 5.02 Å². The number of urea groups is 1. The number of amides is 3. The van der Waals surface area contributed by atoms with E-state index in [1.165, 1.54) is 11.3 Å². The van der Waals surface area contributed by atoms with Crippen LogP contribution in [0.5, 0.6) is 0 Å². The minimum absolute atomic E-state index is 0.185. The van der Waals surface area contributed by atoms with Crippen molar-refractivity contribution in [2.24, 2.45) is 11.8 Å². The van der Waals surface area contributed by atoms with Crippen molar-refractivity contribution in [2.45, 2.75) is 34.2 Å². The van der Waals surface area contributed by atoms with Gasteiger partial charge in [0.2, 0.25) is 0 Å². The zero-order valence-corrected chi connectivity index (χ0v) is 18.2. The minimum Gasteiger partial charge on any atom is -0.350 e. The molecule has 2 rings (SSSR count). The van der Waals surface area contributed by atoms with E-state index < -0.39 is 0 Å². The molecule has 28 heavy (non-hydrogen) atoms. The fourth-order valence-electron chi connectivity index (χ4n) is 2.47. The fraction of sp³-hybridized carbons (Fsp3) is 0.450. The summed E-state index contributed by atoms with van der Waals surface area (Å²) in [6, 6.07) is 6.81. The van der Waals surface area contributed by atoms with Crippen molar-refractivity contribution in [3.05, 3.63) is 45.4 Å². The summed E-state index contributed by atoms with van der Waals surface area (Å²) in [5.74, 6) is 0.479. The molecule has 152 valence electrons. The molecule has 1 heterocycles. The molecule has 0 aliphatic carbocycles. The predicted octanol–water partition coefficient (Wildman–Crippen LogP) is 4.87. The molecule has 0 fully saturated rings. The Morgan fingerprint density at radius 2 is 1.96 bits per heavy atom. The summed E-state index contributed by atoms with van der Waals surface area (Å²) in [6.45, 7) is 9.68. The minimum atomic E-state index is -0.225. The van der Waals surface area contributed by atoms with E-state index in [-0.39, 0.29) is 11.9 Å². The van der Waals surface area contributed by atoms with Gasteiger partial charge in [0.1, 0.15) is 10.7 Å². The van der Waals surface area contributed by atoms with Crippen molar-refractivity contribution in [1.29, 1.82) is 0 Å². The molecule has 2 N–H and O–H groups in total. The molecular formula is C20H27ClN4O2S. The first-order chi connectivity index (χ1) is 13.2. The quantitative estimate of drug-likeness (QED) is 0.637. The standard InChI is InChI=1S/C20H27ClN4O2S/c1-13(2)9-22-19(26)17-12-28-18(24-17)11-25(10-14(3)4)20(27)23-16-7-5-6-15(21)8-16/h5-8,12-14H,9-11H2,1-4H3,(H,22,26)(H,23,27). The second-order valence-electron chi connectivity index (χ2n) is 7.45. The van der Waals surface area contributed by atoms with E-state index in [4.69, 9.17) is 11.6 Å². The molecule has 0 aliphatic heterocycles. The number of aromatic nitrogens is 1. The zero-order valence-electron chi connectivity index (χ0n) is 16.7. The van der Waals surface area contributed by atoms with Gasteiger partial charge in [0.25, 0.3) is 5.91 Å². The molecule has 0 unspecified atom stereocenters. The van der Waals surface area contributed by atoms with Crippen molar-refractivity contribution in [2.75, 3.05) is 18.4 Å². The molecule has 0 spiro atoms. The van der Waals surface area contributed by atoms with Crippen LogP contribution in [0.25, 0.3) is 0 Å². The first-order valence-corrected chi connectivity index (χ1v) is 10.5. The number of benzene rings is 1. The lowest BCUT2D eigenvalue weighted by Gasteiger charge is -2.24. The monoisotopic (exact) mass is 422 g/mol. The van der Waals surface area contributed by atoms with Crippen LogP contribution < -0.4 is 10.6 Å². The highest BCUT2D eigenvalue weighted by molar-refractivity contribution is 7.09. The van der Waals surface area contributed by atoms with Crippen LogP contribution in [-0.4, -0.2) is 34.9 Å². The average Bonchev–Trinajstić information content (AvgIpc) is 3.07. The Morgan fingerprint density at radius 3 is 2.61 bits per heavy atom. The van der Waals surface area contributed by atoms with Crippen LogP contribution in [0.15, 0.2) is 29.6 Å². The Labute approximate surface area is 175 Å². The first-order valence-electron chi connectivity index (χ1n) is 9.28. The molecule has 0 bridgehead atoms. The first kappa shape index (κ1) is 22.2. The lowest BCUT2D eigenvalue weighted by Crippen LogP contribution is -2.37. The molecule has 1 aromatic carbocycles. The van der Waals surface area contributed by atoms with E-state index in [0.29, 0.717) is 47.9 Å². The van der Waals surface area contributed by atoms with Gasteiger partial charge >= 0.3 is 6.03 Å². The van der Waals surface area contributed by atoms with Crippen molar-refractivity contribution in [1.82, 2.24) is 15.2 Å². The van der Waals surface area contributed by atoms with Crippen LogP contribution in [0.1, 0.15) is 43.2 Å². The fourth-order valence-corrected chi connectivity index (χ4v) is 3.45. The number of anilines is 1. The van der Waals surface area contributed by atoms with Gasteiger partial charge in [0.15, 0.2) is 0 Å². The summed E-state index contributed by atoms with van der Waals surface area (Å²) < 4.78 is 0. The summed E-state index contributed by atoms with van der Waals surface area (Å²) in [4.78, 5) is 31.0. The molecule has 2 aromatic rings. The maximum atomic E-state index is 12.8. The summed E-state index contributed by atoms with van der Waals surface area (Å²) in [5, 5.41) is 8.74. The Hall–Kier alpha value is -2.12. The van der Waals surface area contributed by atoms with E-state index in [1.54, 1.807) is 34.5 Å². The van der Waals surface area contributed by atoms with Crippen molar-refractivity contribution >= 4 is 40.6 Å². The molecule has 0 saturated carbocycles. The molecule has 0 aliphatic rings. The van der Waals surface area contributed by atoms with Gasteiger partial charge in [-0.2, -0.15) is 0 Å². The molecule has 0 radical (unpaired) electrons. The highest BCUT2D eigenvalue weighted by Gasteiger charge is 2.19. The molecule has 1 aromatic heterocycles. The van der Waals surface area contributed by atoms with Crippen LogP contribution in [0.4, 0.5) is 10.5 Å². The Kier molecular flexibility index (Phi) is 8.26. The third-order valence-electron chi connectivity index (χ3n) is 3.73. The lowest BCUT2D eigenvalue weighted by molar-refractivity contribution is 0.0944. The van der Waals surface area contributed by atoms with Gasteiger partial charge in [-0.3, -0.25) is 4.79 Å². The molecule has 0 atom stereocenters. The second-order valence-corrected chi connectivity index (χ2v) is 8.82. The Balaban J connectivity index is 2.05. The number of carbonyl (C=O) groups excluding carboxylic acids is 2. The number of thiazole rings is 1. The number of rotatable bonds is 8. The predicted molar refractivity (Wildman–Crippen MR) is 115 cm³/mol. The number of carbonyl (C=O) groups is 2. The van der Waals surface area contributed by atoms with Crippen molar-refractivity contribution in [3.8, 4) is 0 Å². The van der Waals surface area contributed by atoms with Crippen LogP contribution in [0.3, 0.4) is 0 Å². The number of halogens is 1. The van der Waals surface area contributed by atoms with E-state index >= 15 is 0 Å². The van der Waals surface area contributed by atoms with Gasteiger partial charge in [-0.15, -0.1) is 11.3 Å². The SMILES string of the molecule is CC(C)CNC(=O)c1csc(CN(CC(C)C)C(=O)Nc2cccc(Cl)c2)n1. The van der Waals surface area contributed by atoms with Gasteiger partial charge in [-0.1, -0.05) is 45.4 Å². The lowest BCUT2D eigenvalue weighted by atomic mass is 10.2. The summed E-state index contributed by atoms with van der Waals surface area (Å²) >= 11 is 7.37. The average molecular weight is 423 g/mol. The maximum Gasteiger partial charge on any atom is 0.322 e. The third-order valence-corrected chi connectivity index (χ3v) is 4.80. The van der Waals surface area contributed by atoms with E-state index in [1.807, 2.05) is 27.7 Å². The largest absolute Gasteiger partial charge is 0.350 e. The number of hydrogen-bond acceptors (Lipinski definition) is 4. The van der Waals surface area contributed by atoms with Crippen LogP contribution >= 0.6 is 22.9 Å². The van der Waals surface area contributed by atoms with E-state index in [2.05, 4.69) is 15.6 Å². The second kappa shape index (κ2) is 10.4. The van der Waals surface area contributed by atoms with E-state index in [0.717, 1.165) is 5.01 Å². The van der Waals surface area contributed by atoms with Crippen molar-refractivity contribution < 1.29 is 9.59 Å². The molecule has 0 saturated heterocycles.